The van der Waals surface area contributed by atoms with Crippen LogP contribution in [-0.2, 0) is 0 Å². The van der Waals surface area contributed by atoms with Gasteiger partial charge in [-0.1, -0.05) is 27.7 Å². The van der Waals surface area contributed by atoms with Crippen molar-refractivity contribution in [2.24, 2.45) is 0 Å². The van der Waals surface area contributed by atoms with Gasteiger partial charge in [-0.25, -0.2) is 0 Å². The quantitative estimate of drug-likeness (QED) is 0.579. The van der Waals surface area contributed by atoms with Crippen molar-refractivity contribution in [3.63, 3.8) is 0 Å². The Bertz CT molecular complexity index is 88.6. The average Bonchev–Trinajstić information content (AvgIpc) is 1.98. The highest BCUT2D eigenvalue weighted by Gasteiger charge is 2.13. The van der Waals surface area contributed by atoms with Crippen LogP contribution in [0.3, 0.4) is 0 Å². The molecule has 0 aromatic rings. The van der Waals surface area contributed by atoms with Gasteiger partial charge >= 0.3 is 0 Å². The lowest BCUT2D eigenvalue weighted by Crippen LogP contribution is -2.05. The standard InChI is InChI=1S/C12H20/c1-9(2)11(5)7-8-12(6)10(3)4/h1,3,7-8H2,2,4-6H3. The third-order valence-electron chi connectivity index (χ3n) is 2.33. The van der Waals surface area contributed by atoms with Crippen molar-refractivity contribution < 1.29 is 0 Å². The summed E-state index contributed by atoms with van der Waals surface area (Å²) in [6.07, 6.45) is 2.24. The van der Waals surface area contributed by atoms with Crippen molar-refractivity contribution in [2.75, 3.05) is 0 Å². The van der Waals surface area contributed by atoms with Gasteiger partial charge in [-0.3, -0.25) is 0 Å². The van der Waals surface area contributed by atoms with E-state index in [0.29, 0.717) is 0 Å². The van der Waals surface area contributed by atoms with E-state index in [1.54, 1.807) is 0 Å². The third-order valence-corrected chi connectivity index (χ3v) is 2.33. The van der Waals surface area contributed by atoms with Gasteiger partial charge in [0.2, 0.25) is 0 Å². The highest BCUT2D eigenvalue weighted by atomic mass is 14.2. The van der Waals surface area contributed by atoms with Gasteiger partial charge in [-0.15, -0.1) is 0 Å². The van der Waals surface area contributed by atoms with E-state index in [4.69, 9.17) is 0 Å². The van der Waals surface area contributed by atoms with Gasteiger partial charge in [-0.2, -0.15) is 0 Å². The van der Waals surface area contributed by atoms with Crippen LogP contribution in [0.15, 0.2) is 0 Å². The Hall–Kier alpha value is 0. The highest BCUT2D eigenvalue weighted by molar-refractivity contribution is 5.18. The number of hydrogen-bond donors (Lipinski definition) is 0. The van der Waals surface area contributed by atoms with Crippen LogP contribution in [0.4, 0.5) is 0 Å². The summed E-state index contributed by atoms with van der Waals surface area (Å²) in [4.78, 5) is 0. The smallest absolute Gasteiger partial charge is 0.0207 e. The highest BCUT2D eigenvalue weighted by Crippen LogP contribution is 2.26. The summed E-state index contributed by atoms with van der Waals surface area (Å²) in [6.45, 7) is 16.2. The predicted molar refractivity (Wildman–Crippen MR) is 55.6 cm³/mol. The summed E-state index contributed by atoms with van der Waals surface area (Å²) >= 11 is 0. The maximum atomic E-state index is 3.91. The van der Waals surface area contributed by atoms with Gasteiger partial charge in [0.15, 0.2) is 0 Å². The summed E-state index contributed by atoms with van der Waals surface area (Å²) in [6, 6.07) is 0. The molecule has 0 aromatic heterocycles. The van der Waals surface area contributed by atoms with E-state index in [1.165, 1.54) is 23.7 Å². The average molecular weight is 164 g/mol. The molecule has 0 N–H and O–H groups in total. The lowest BCUT2D eigenvalue weighted by molar-refractivity contribution is 0.734. The molecule has 0 aromatic carbocycles. The molecule has 6 radical (unpaired) electrons. The Morgan fingerprint density at radius 3 is 1.17 bits per heavy atom. The Balaban J connectivity index is 3.54. The fourth-order valence-electron chi connectivity index (χ4n) is 0.802. The van der Waals surface area contributed by atoms with Crippen molar-refractivity contribution in [1.29, 1.82) is 0 Å². The van der Waals surface area contributed by atoms with Gasteiger partial charge < -0.3 is 0 Å². The SMILES string of the molecule is [CH2][C](C)[C](C)CC[C](C)[C]([CH2])C. The summed E-state index contributed by atoms with van der Waals surface area (Å²) in [5, 5.41) is 0. The van der Waals surface area contributed by atoms with Crippen molar-refractivity contribution in [1.82, 2.24) is 0 Å². The summed E-state index contributed by atoms with van der Waals surface area (Å²) < 4.78 is 0. The molecule has 0 heterocycles. The molecule has 0 atom stereocenters. The second-order valence-electron chi connectivity index (χ2n) is 3.62. The summed E-state index contributed by atoms with van der Waals surface area (Å²) in [5.41, 5.74) is 0. The zero-order valence-electron chi connectivity index (χ0n) is 8.83. The van der Waals surface area contributed by atoms with Crippen LogP contribution < -0.4 is 0 Å². The molecule has 0 aliphatic heterocycles. The van der Waals surface area contributed by atoms with Crippen LogP contribution in [0, 0.1) is 37.5 Å². The first-order chi connectivity index (χ1) is 5.45. The molecule has 0 heteroatoms. The lowest BCUT2D eigenvalue weighted by atomic mass is 9.86. The topological polar surface area (TPSA) is 0 Å². The lowest BCUT2D eigenvalue weighted by Gasteiger charge is -2.18. The number of rotatable bonds is 5. The summed E-state index contributed by atoms with van der Waals surface area (Å²) in [5.74, 6) is 5.19. The van der Waals surface area contributed by atoms with Crippen LogP contribution in [-0.4, -0.2) is 0 Å². The van der Waals surface area contributed by atoms with Gasteiger partial charge in [-0.05, 0) is 50.4 Å². The maximum Gasteiger partial charge on any atom is -0.0207 e. The predicted octanol–water partition coefficient (Wildman–Crippen LogP) is 3.81. The largest absolute Gasteiger partial charge is 0.0586 e. The van der Waals surface area contributed by atoms with Gasteiger partial charge in [0.1, 0.15) is 0 Å². The molecule has 0 unspecified atom stereocenters. The van der Waals surface area contributed by atoms with Gasteiger partial charge in [0.05, 0.1) is 0 Å². The number of hydrogen-bond acceptors (Lipinski definition) is 0. The molecule has 0 saturated heterocycles. The van der Waals surface area contributed by atoms with Crippen LogP contribution in [0.1, 0.15) is 40.5 Å². The van der Waals surface area contributed by atoms with E-state index in [2.05, 4.69) is 41.5 Å². The van der Waals surface area contributed by atoms with Crippen molar-refractivity contribution in [3.05, 3.63) is 37.5 Å². The Morgan fingerprint density at radius 1 is 0.750 bits per heavy atom. The molecule has 68 valence electrons. The normalized spacial score (nSPS) is 12.5. The van der Waals surface area contributed by atoms with Crippen LogP contribution in [0.25, 0.3) is 0 Å². The first kappa shape index (κ1) is 12.0. The minimum absolute atomic E-state index is 1.12. The van der Waals surface area contributed by atoms with Crippen molar-refractivity contribution in [3.8, 4) is 0 Å². The molecule has 0 rings (SSSR count). The fourth-order valence-corrected chi connectivity index (χ4v) is 0.802. The molecule has 0 amide bonds. The second-order valence-corrected chi connectivity index (χ2v) is 3.62. The Kier molecular flexibility index (Phi) is 5.61. The Morgan fingerprint density at radius 2 is 1.00 bits per heavy atom. The maximum absolute atomic E-state index is 3.91. The van der Waals surface area contributed by atoms with Crippen LogP contribution >= 0.6 is 0 Å². The first-order valence-electron chi connectivity index (χ1n) is 4.41. The molecular weight excluding hydrogens is 144 g/mol. The summed E-state index contributed by atoms with van der Waals surface area (Å²) in [7, 11) is 0. The fraction of sp³-hybridized carbons (Fsp3) is 0.500. The minimum Gasteiger partial charge on any atom is -0.0586 e. The molecule has 0 saturated carbocycles. The van der Waals surface area contributed by atoms with Crippen LogP contribution in [0.5, 0.6) is 0 Å². The molecule has 0 aliphatic rings. The van der Waals surface area contributed by atoms with Gasteiger partial charge in [0.25, 0.3) is 0 Å². The molecule has 0 bridgehead atoms. The van der Waals surface area contributed by atoms with E-state index in [0.717, 1.165) is 12.8 Å². The zero-order valence-corrected chi connectivity index (χ0v) is 8.83. The van der Waals surface area contributed by atoms with E-state index >= 15 is 0 Å². The third kappa shape index (κ3) is 4.79. The molecule has 0 spiro atoms. The van der Waals surface area contributed by atoms with Crippen molar-refractivity contribution in [2.45, 2.75) is 40.5 Å². The molecular formula is C12H20. The Labute approximate surface area is 78.8 Å². The molecule has 0 nitrogen and oxygen atoms in total. The van der Waals surface area contributed by atoms with E-state index in [1.807, 2.05) is 0 Å². The molecule has 12 heavy (non-hydrogen) atoms. The molecule has 0 aliphatic carbocycles. The zero-order chi connectivity index (χ0) is 9.72. The first-order valence-corrected chi connectivity index (χ1v) is 4.41. The monoisotopic (exact) mass is 164 g/mol. The van der Waals surface area contributed by atoms with Crippen molar-refractivity contribution >= 4 is 0 Å². The van der Waals surface area contributed by atoms with Crippen LogP contribution in [0.2, 0.25) is 0 Å². The molecule has 0 fully saturated rings. The van der Waals surface area contributed by atoms with E-state index in [-0.39, 0.29) is 0 Å². The van der Waals surface area contributed by atoms with Gasteiger partial charge in [0, 0.05) is 0 Å². The van der Waals surface area contributed by atoms with E-state index < -0.39 is 0 Å². The van der Waals surface area contributed by atoms with E-state index in [9.17, 15) is 0 Å². The second kappa shape index (κ2) is 5.61. The minimum atomic E-state index is 1.12.